The molecule has 0 fully saturated rings. The Balaban J connectivity index is 1.87. The average molecular weight is 365 g/mol. The third kappa shape index (κ3) is 5.82. The Morgan fingerprint density at radius 1 is 1.04 bits per heavy atom. The summed E-state index contributed by atoms with van der Waals surface area (Å²) in [5.41, 5.74) is 3.30. The van der Waals surface area contributed by atoms with E-state index in [-0.39, 0.29) is 5.91 Å². The summed E-state index contributed by atoms with van der Waals surface area (Å²) in [6, 6.07) is 13.5. The molecule has 5 heteroatoms. The number of nitrogens with one attached hydrogen (secondary N) is 1. The van der Waals surface area contributed by atoms with Crippen molar-refractivity contribution in [1.29, 1.82) is 0 Å². The van der Waals surface area contributed by atoms with Crippen molar-refractivity contribution in [2.75, 3.05) is 14.1 Å². The molecule has 2 aromatic carbocycles. The zero-order valence-corrected chi connectivity index (χ0v) is 15.5. The Labute approximate surface area is 153 Å². The summed E-state index contributed by atoms with van der Waals surface area (Å²) in [6.07, 6.45) is 0.998. The summed E-state index contributed by atoms with van der Waals surface area (Å²) in [7, 11) is 4.07. The third-order valence-corrected chi connectivity index (χ3v) is 4.30. The summed E-state index contributed by atoms with van der Waals surface area (Å²) >= 11 is 12.0. The number of carbonyl (C=O) groups excluding carboxylic acids is 1. The minimum Gasteiger partial charge on any atom is -0.352 e. The summed E-state index contributed by atoms with van der Waals surface area (Å²) < 4.78 is 0. The second-order valence-electron chi connectivity index (χ2n) is 6.02. The molecule has 0 aliphatic carbocycles. The fraction of sp³-hybridized carbons (Fsp3) is 0.316. The zero-order chi connectivity index (χ0) is 17.5. The SMILES string of the molecule is CN(C)Cc1ccccc1CNC(=O)CCc1ccc(Cl)cc1Cl. The highest BCUT2D eigenvalue weighted by molar-refractivity contribution is 6.35. The molecule has 0 unspecified atom stereocenters. The minimum absolute atomic E-state index is 0.0145. The van der Waals surface area contributed by atoms with Crippen LogP contribution in [0.4, 0.5) is 0 Å². The number of hydrogen-bond acceptors (Lipinski definition) is 2. The summed E-state index contributed by atoms with van der Waals surface area (Å²) in [6.45, 7) is 1.39. The van der Waals surface area contributed by atoms with Gasteiger partial charge in [-0.25, -0.2) is 0 Å². The first-order valence-corrected chi connectivity index (χ1v) is 8.63. The van der Waals surface area contributed by atoms with E-state index in [1.165, 1.54) is 5.56 Å². The molecule has 0 spiro atoms. The van der Waals surface area contributed by atoms with Gasteiger partial charge >= 0.3 is 0 Å². The Morgan fingerprint density at radius 3 is 2.42 bits per heavy atom. The predicted molar refractivity (Wildman–Crippen MR) is 100 cm³/mol. The molecule has 2 aromatic rings. The van der Waals surface area contributed by atoms with E-state index in [0.717, 1.165) is 17.7 Å². The molecule has 3 nitrogen and oxygen atoms in total. The van der Waals surface area contributed by atoms with Crippen LogP contribution in [0.1, 0.15) is 23.1 Å². The number of carbonyl (C=O) groups is 1. The van der Waals surface area contributed by atoms with Crippen LogP contribution in [-0.4, -0.2) is 24.9 Å². The van der Waals surface area contributed by atoms with Crippen LogP contribution in [0.2, 0.25) is 10.0 Å². The summed E-state index contributed by atoms with van der Waals surface area (Å²) in [5.74, 6) is 0.0145. The van der Waals surface area contributed by atoms with Gasteiger partial charge in [0.25, 0.3) is 0 Å². The van der Waals surface area contributed by atoms with Gasteiger partial charge in [0.15, 0.2) is 0 Å². The van der Waals surface area contributed by atoms with Gasteiger partial charge in [0.05, 0.1) is 0 Å². The lowest BCUT2D eigenvalue weighted by atomic mass is 10.1. The molecule has 24 heavy (non-hydrogen) atoms. The van der Waals surface area contributed by atoms with Crippen molar-refractivity contribution in [3.63, 3.8) is 0 Å². The van der Waals surface area contributed by atoms with Crippen LogP contribution >= 0.6 is 23.2 Å². The van der Waals surface area contributed by atoms with Gasteiger partial charge in [-0.15, -0.1) is 0 Å². The molecule has 0 radical (unpaired) electrons. The first-order valence-electron chi connectivity index (χ1n) is 7.88. The molecule has 0 heterocycles. The van der Waals surface area contributed by atoms with Crippen LogP contribution in [0.5, 0.6) is 0 Å². The van der Waals surface area contributed by atoms with Gasteiger partial charge in [0, 0.05) is 29.6 Å². The first-order chi connectivity index (χ1) is 11.5. The quantitative estimate of drug-likeness (QED) is 0.793. The maximum Gasteiger partial charge on any atom is 0.220 e. The molecule has 1 amide bonds. The van der Waals surface area contributed by atoms with Crippen LogP contribution in [-0.2, 0) is 24.3 Å². The van der Waals surface area contributed by atoms with Crippen LogP contribution in [0.25, 0.3) is 0 Å². The van der Waals surface area contributed by atoms with Crippen molar-refractivity contribution in [3.8, 4) is 0 Å². The predicted octanol–water partition coefficient (Wildman–Crippen LogP) is 4.30. The molecule has 0 aliphatic heterocycles. The molecule has 0 aromatic heterocycles. The van der Waals surface area contributed by atoms with Crippen molar-refractivity contribution in [2.24, 2.45) is 0 Å². The lowest BCUT2D eigenvalue weighted by molar-refractivity contribution is -0.121. The lowest BCUT2D eigenvalue weighted by Gasteiger charge is -2.14. The number of rotatable bonds is 7. The van der Waals surface area contributed by atoms with E-state index in [2.05, 4.69) is 22.3 Å². The molecular formula is C19H22Cl2N2O. The largest absolute Gasteiger partial charge is 0.352 e. The van der Waals surface area contributed by atoms with E-state index in [4.69, 9.17) is 23.2 Å². The van der Waals surface area contributed by atoms with E-state index in [1.807, 2.05) is 32.3 Å². The number of amides is 1. The van der Waals surface area contributed by atoms with Crippen LogP contribution in [0, 0.1) is 0 Å². The van der Waals surface area contributed by atoms with Crippen molar-refractivity contribution in [1.82, 2.24) is 10.2 Å². The highest BCUT2D eigenvalue weighted by atomic mass is 35.5. The molecular weight excluding hydrogens is 343 g/mol. The van der Waals surface area contributed by atoms with E-state index in [0.29, 0.717) is 29.4 Å². The zero-order valence-electron chi connectivity index (χ0n) is 14.0. The van der Waals surface area contributed by atoms with Crippen LogP contribution in [0.3, 0.4) is 0 Å². The Bertz CT molecular complexity index is 702. The van der Waals surface area contributed by atoms with E-state index >= 15 is 0 Å². The highest BCUT2D eigenvalue weighted by Gasteiger charge is 2.08. The van der Waals surface area contributed by atoms with Crippen LogP contribution in [0.15, 0.2) is 42.5 Å². The van der Waals surface area contributed by atoms with Crippen molar-refractivity contribution < 1.29 is 4.79 Å². The fourth-order valence-corrected chi connectivity index (χ4v) is 2.98. The van der Waals surface area contributed by atoms with Gasteiger partial charge in [0.1, 0.15) is 0 Å². The fourth-order valence-electron chi connectivity index (χ4n) is 2.48. The number of hydrogen-bond donors (Lipinski definition) is 1. The molecule has 0 aliphatic rings. The molecule has 0 saturated carbocycles. The third-order valence-electron chi connectivity index (χ3n) is 3.72. The van der Waals surface area contributed by atoms with Crippen molar-refractivity contribution in [2.45, 2.75) is 25.9 Å². The number of aryl methyl sites for hydroxylation is 1. The maximum atomic E-state index is 12.1. The number of nitrogens with zero attached hydrogens (tertiary/aromatic N) is 1. The van der Waals surface area contributed by atoms with Crippen molar-refractivity contribution >= 4 is 29.1 Å². The van der Waals surface area contributed by atoms with Gasteiger partial charge in [-0.05, 0) is 49.3 Å². The topological polar surface area (TPSA) is 32.3 Å². The Hall–Kier alpha value is -1.55. The lowest BCUT2D eigenvalue weighted by Crippen LogP contribution is -2.24. The molecule has 1 N–H and O–H groups in total. The second-order valence-corrected chi connectivity index (χ2v) is 6.86. The second kappa shape index (κ2) is 9.07. The molecule has 128 valence electrons. The standard InChI is InChI=1S/C19H22Cl2N2O/c1-23(2)13-16-6-4-3-5-15(16)12-22-19(24)10-8-14-7-9-17(20)11-18(14)21/h3-7,9,11H,8,10,12-13H2,1-2H3,(H,22,24). The highest BCUT2D eigenvalue weighted by Crippen LogP contribution is 2.22. The normalized spacial score (nSPS) is 10.9. The first kappa shape index (κ1) is 18.8. The molecule has 2 rings (SSSR count). The Kier molecular flexibility index (Phi) is 7.10. The van der Waals surface area contributed by atoms with Gasteiger partial charge in [-0.1, -0.05) is 53.5 Å². The van der Waals surface area contributed by atoms with E-state index < -0.39 is 0 Å². The number of benzene rings is 2. The van der Waals surface area contributed by atoms with E-state index in [1.54, 1.807) is 12.1 Å². The molecule has 0 saturated heterocycles. The average Bonchev–Trinajstić information content (AvgIpc) is 2.52. The maximum absolute atomic E-state index is 12.1. The van der Waals surface area contributed by atoms with Gasteiger partial charge in [-0.3, -0.25) is 4.79 Å². The van der Waals surface area contributed by atoms with Gasteiger partial charge < -0.3 is 10.2 Å². The monoisotopic (exact) mass is 364 g/mol. The minimum atomic E-state index is 0.0145. The molecule has 0 bridgehead atoms. The van der Waals surface area contributed by atoms with Gasteiger partial charge in [-0.2, -0.15) is 0 Å². The van der Waals surface area contributed by atoms with Crippen molar-refractivity contribution in [3.05, 3.63) is 69.2 Å². The van der Waals surface area contributed by atoms with Crippen LogP contribution < -0.4 is 5.32 Å². The smallest absolute Gasteiger partial charge is 0.220 e. The number of halogens is 2. The summed E-state index contributed by atoms with van der Waals surface area (Å²) in [5, 5.41) is 4.19. The van der Waals surface area contributed by atoms with Gasteiger partial charge in [0.2, 0.25) is 5.91 Å². The summed E-state index contributed by atoms with van der Waals surface area (Å²) in [4.78, 5) is 14.2. The Morgan fingerprint density at radius 2 is 1.75 bits per heavy atom. The molecule has 0 atom stereocenters. The van der Waals surface area contributed by atoms with E-state index in [9.17, 15) is 4.79 Å².